The molecule has 5 nitrogen and oxygen atoms in total. The van der Waals surface area contributed by atoms with Crippen molar-refractivity contribution in [2.75, 3.05) is 19.6 Å². The maximum atomic E-state index is 12.0. The Morgan fingerprint density at radius 3 is 2.89 bits per heavy atom. The number of halogens is 1. The molecule has 0 spiro atoms. The molecule has 1 aromatic rings. The lowest BCUT2D eigenvalue weighted by atomic mass is 9.97. The monoisotopic (exact) mass is 266 g/mol. The van der Waals surface area contributed by atoms with E-state index < -0.39 is 0 Å². The topological polar surface area (TPSA) is 58.1 Å². The maximum absolute atomic E-state index is 12.0. The van der Waals surface area contributed by atoms with E-state index in [9.17, 15) is 4.79 Å². The Balaban J connectivity index is 1.62. The van der Waals surface area contributed by atoms with Gasteiger partial charge < -0.3 is 10.2 Å². The van der Waals surface area contributed by atoms with Crippen LogP contribution in [0.4, 0.5) is 0 Å². The Morgan fingerprint density at radius 1 is 1.39 bits per heavy atom. The number of hydrogen-bond acceptors (Lipinski definition) is 4. The van der Waals surface area contributed by atoms with Crippen molar-refractivity contribution < 1.29 is 4.79 Å². The van der Waals surface area contributed by atoms with Gasteiger partial charge in [-0.1, -0.05) is 11.6 Å². The second-order valence-corrected chi connectivity index (χ2v) is 5.48. The van der Waals surface area contributed by atoms with Crippen LogP contribution in [-0.2, 0) is 0 Å². The molecule has 1 N–H and O–H groups in total. The summed E-state index contributed by atoms with van der Waals surface area (Å²) < 4.78 is 0. The van der Waals surface area contributed by atoms with Gasteiger partial charge in [0.1, 0.15) is 0 Å². The fourth-order valence-electron chi connectivity index (χ4n) is 2.84. The minimum absolute atomic E-state index is 0.187. The molecular weight excluding hydrogens is 252 g/mol. The average Bonchev–Trinajstić information content (AvgIpc) is 2.69. The van der Waals surface area contributed by atoms with Crippen LogP contribution in [-0.4, -0.2) is 46.5 Å². The van der Waals surface area contributed by atoms with Crippen LogP contribution in [0.2, 0.25) is 5.02 Å². The van der Waals surface area contributed by atoms with E-state index in [1.165, 1.54) is 25.4 Å². The standard InChI is InChI=1S/C12H15ClN4O/c13-9-4-14-11(15-5-9)12(18)16-10-3-8-1-2-17(6-8)7-10/h4-5,8,10H,1-3,6-7H2,(H,16,18)/t8-,10-/m1/s1. The van der Waals surface area contributed by atoms with E-state index in [1.54, 1.807) is 0 Å². The van der Waals surface area contributed by atoms with Crippen LogP contribution in [0.15, 0.2) is 12.4 Å². The van der Waals surface area contributed by atoms with Crippen molar-refractivity contribution in [2.24, 2.45) is 5.92 Å². The molecule has 96 valence electrons. The molecule has 0 radical (unpaired) electrons. The van der Waals surface area contributed by atoms with Crippen LogP contribution in [0.3, 0.4) is 0 Å². The molecule has 1 amide bonds. The first-order valence-electron chi connectivity index (χ1n) is 6.21. The predicted molar refractivity (Wildman–Crippen MR) is 67.5 cm³/mol. The largest absolute Gasteiger partial charge is 0.345 e. The van der Waals surface area contributed by atoms with Crippen LogP contribution in [0.25, 0.3) is 0 Å². The van der Waals surface area contributed by atoms with Gasteiger partial charge in [0, 0.05) is 31.5 Å². The lowest BCUT2D eigenvalue weighted by Gasteiger charge is -2.30. The van der Waals surface area contributed by atoms with Crippen molar-refractivity contribution in [1.29, 1.82) is 0 Å². The van der Waals surface area contributed by atoms with Gasteiger partial charge in [-0.25, -0.2) is 9.97 Å². The smallest absolute Gasteiger partial charge is 0.289 e. The van der Waals surface area contributed by atoms with Gasteiger partial charge in [0.15, 0.2) is 0 Å². The molecular formula is C12H15ClN4O. The Hall–Kier alpha value is -1.20. The Bertz CT molecular complexity index is 438. The normalized spacial score (nSPS) is 30.2. The van der Waals surface area contributed by atoms with Gasteiger partial charge in [-0.05, 0) is 25.3 Å². The van der Waals surface area contributed by atoms with E-state index in [1.807, 2.05) is 0 Å². The summed E-state index contributed by atoms with van der Waals surface area (Å²) >= 11 is 5.69. The fraction of sp³-hybridized carbons (Fsp3) is 0.583. The van der Waals surface area contributed by atoms with Gasteiger partial charge in [-0.2, -0.15) is 0 Å². The van der Waals surface area contributed by atoms with Crippen LogP contribution >= 0.6 is 11.6 Å². The van der Waals surface area contributed by atoms with E-state index >= 15 is 0 Å². The zero-order chi connectivity index (χ0) is 12.5. The number of piperidine rings is 1. The number of amides is 1. The van der Waals surface area contributed by atoms with Crippen LogP contribution < -0.4 is 5.32 Å². The van der Waals surface area contributed by atoms with Crippen molar-refractivity contribution in [1.82, 2.24) is 20.2 Å². The van der Waals surface area contributed by atoms with Gasteiger partial charge in [-0.3, -0.25) is 4.79 Å². The summed E-state index contributed by atoms with van der Waals surface area (Å²) in [7, 11) is 0. The highest BCUT2D eigenvalue weighted by atomic mass is 35.5. The number of rotatable bonds is 2. The Labute approximate surface area is 111 Å². The zero-order valence-corrected chi connectivity index (χ0v) is 10.7. The van der Waals surface area contributed by atoms with Crippen LogP contribution in [0.1, 0.15) is 23.5 Å². The number of hydrogen-bond donors (Lipinski definition) is 1. The minimum atomic E-state index is -0.209. The van der Waals surface area contributed by atoms with Crippen LogP contribution in [0, 0.1) is 5.92 Å². The number of fused-ring (bicyclic) bond motifs is 2. The molecule has 1 aromatic heterocycles. The van der Waals surface area contributed by atoms with E-state index in [-0.39, 0.29) is 17.8 Å². The first-order chi connectivity index (χ1) is 8.70. The highest BCUT2D eigenvalue weighted by molar-refractivity contribution is 6.30. The van der Waals surface area contributed by atoms with Crippen molar-refractivity contribution in [2.45, 2.75) is 18.9 Å². The molecule has 2 saturated heterocycles. The summed E-state index contributed by atoms with van der Waals surface area (Å²) in [6, 6.07) is 0.220. The molecule has 2 fully saturated rings. The van der Waals surface area contributed by atoms with Crippen molar-refractivity contribution >= 4 is 17.5 Å². The van der Waals surface area contributed by atoms with Crippen molar-refractivity contribution in [3.63, 3.8) is 0 Å². The molecule has 6 heteroatoms. The predicted octanol–water partition coefficient (Wildman–Crippen LogP) is 0.954. The molecule has 2 aliphatic rings. The third-order valence-electron chi connectivity index (χ3n) is 3.63. The highest BCUT2D eigenvalue weighted by Gasteiger charge is 2.33. The number of aromatic nitrogens is 2. The second-order valence-electron chi connectivity index (χ2n) is 5.05. The molecule has 3 rings (SSSR count). The number of carbonyl (C=O) groups excluding carboxylic acids is 1. The lowest BCUT2D eigenvalue weighted by molar-refractivity contribution is 0.0899. The van der Waals surface area contributed by atoms with Crippen molar-refractivity contribution in [3.8, 4) is 0 Å². The molecule has 0 saturated carbocycles. The van der Waals surface area contributed by atoms with Gasteiger partial charge >= 0.3 is 0 Å². The average molecular weight is 267 g/mol. The molecule has 2 bridgehead atoms. The van der Waals surface area contributed by atoms with Gasteiger partial charge in [0.2, 0.25) is 5.82 Å². The maximum Gasteiger partial charge on any atom is 0.289 e. The molecule has 3 heterocycles. The minimum Gasteiger partial charge on any atom is -0.345 e. The molecule has 18 heavy (non-hydrogen) atoms. The number of carbonyl (C=O) groups is 1. The summed E-state index contributed by atoms with van der Waals surface area (Å²) in [6.45, 7) is 3.29. The SMILES string of the molecule is O=C(N[C@@H]1C[C@H]2CCN(C2)C1)c1ncc(Cl)cn1. The second kappa shape index (κ2) is 4.82. The summed E-state index contributed by atoms with van der Waals surface area (Å²) in [5.41, 5.74) is 0. The summed E-state index contributed by atoms with van der Waals surface area (Å²) in [5, 5.41) is 3.45. The molecule has 0 aromatic carbocycles. The fourth-order valence-corrected chi connectivity index (χ4v) is 2.94. The highest BCUT2D eigenvalue weighted by Crippen LogP contribution is 2.26. The quantitative estimate of drug-likeness (QED) is 0.866. The Kier molecular flexibility index (Phi) is 3.18. The third kappa shape index (κ3) is 2.47. The molecule has 3 atom stereocenters. The first-order valence-corrected chi connectivity index (χ1v) is 6.59. The summed E-state index contributed by atoms with van der Waals surface area (Å²) in [6.07, 6.45) is 5.20. The van der Waals surface area contributed by atoms with Gasteiger partial charge in [-0.15, -0.1) is 0 Å². The van der Waals surface area contributed by atoms with E-state index in [4.69, 9.17) is 11.6 Å². The number of nitrogens with one attached hydrogen (secondary N) is 1. The molecule has 1 unspecified atom stereocenters. The summed E-state index contributed by atoms with van der Waals surface area (Å²) in [5.74, 6) is 0.710. The van der Waals surface area contributed by atoms with E-state index in [0.29, 0.717) is 5.02 Å². The molecule has 0 aliphatic carbocycles. The third-order valence-corrected chi connectivity index (χ3v) is 3.82. The van der Waals surface area contributed by atoms with Gasteiger partial charge in [0.05, 0.1) is 5.02 Å². The summed E-state index contributed by atoms with van der Waals surface area (Å²) in [4.78, 5) is 22.2. The van der Waals surface area contributed by atoms with Gasteiger partial charge in [0.25, 0.3) is 5.91 Å². The zero-order valence-electron chi connectivity index (χ0n) is 9.97. The first kappa shape index (κ1) is 11.9. The van der Waals surface area contributed by atoms with Crippen LogP contribution in [0.5, 0.6) is 0 Å². The molecule has 2 aliphatic heterocycles. The Morgan fingerprint density at radius 2 is 2.17 bits per heavy atom. The van der Waals surface area contributed by atoms with E-state index in [2.05, 4.69) is 20.2 Å². The van der Waals surface area contributed by atoms with Crippen molar-refractivity contribution in [3.05, 3.63) is 23.2 Å². The van der Waals surface area contributed by atoms with E-state index in [0.717, 1.165) is 25.4 Å². The number of nitrogens with zero attached hydrogens (tertiary/aromatic N) is 3. The lowest BCUT2D eigenvalue weighted by Crippen LogP contribution is -2.47.